The molecule has 0 atom stereocenters. The topological polar surface area (TPSA) is 116 Å². The van der Waals surface area contributed by atoms with Crippen LogP contribution < -0.4 is 9.62 Å². The number of aromatic nitrogens is 2. The molecule has 0 aliphatic heterocycles. The van der Waals surface area contributed by atoms with Gasteiger partial charge in [0.2, 0.25) is 10.0 Å². The summed E-state index contributed by atoms with van der Waals surface area (Å²) in [5.41, 5.74) is 2.39. The highest BCUT2D eigenvalue weighted by Gasteiger charge is 2.22. The van der Waals surface area contributed by atoms with Crippen molar-refractivity contribution < 1.29 is 13.2 Å². The third kappa shape index (κ3) is 5.00. The highest BCUT2D eigenvalue weighted by Crippen LogP contribution is 2.34. The molecular formula is C23H19N5O3S2. The molecule has 2 aromatic heterocycles. The minimum atomic E-state index is -3.72. The van der Waals surface area contributed by atoms with Gasteiger partial charge in [-0.15, -0.1) is 11.3 Å². The van der Waals surface area contributed by atoms with Crippen LogP contribution in [0.2, 0.25) is 0 Å². The van der Waals surface area contributed by atoms with E-state index in [2.05, 4.69) is 16.0 Å². The monoisotopic (exact) mass is 477 g/mol. The summed E-state index contributed by atoms with van der Waals surface area (Å²) in [6.07, 6.45) is 4.46. The van der Waals surface area contributed by atoms with E-state index in [0.29, 0.717) is 22.1 Å². The first-order valence-electron chi connectivity index (χ1n) is 9.84. The number of thiazole rings is 1. The third-order valence-corrected chi connectivity index (χ3v) is 6.47. The van der Waals surface area contributed by atoms with Crippen LogP contribution in [0.3, 0.4) is 0 Å². The van der Waals surface area contributed by atoms with Crippen molar-refractivity contribution >= 4 is 48.9 Å². The molecule has 0 bridgehead atoms. The number of pyridine rings is 1. The van der Waals surface area contributed by atoms with Gasteiger partial charge in [0.25, 0.3) is 5.91 Å². The van der Waals surface area contributed by atoms with Crippen LogP contribution >= 0.6 is 11.3 Å². The molecule has 0 saturated carbocycles. The zero-order valence-corrected chi connectivity index (χ0v) is 19.4. The van der Waals surface area contributed by atoms with Gasteiger partial charge in [-0.1, -0.05) is 18.2 Å². The molecule has 2 heterocycles. The van der Waals surface area contributed by atoms with E-state index in [4.69, 9.17) is 5.26 Å². The van der Waals surface area contributed by atoms with Crippen LogP contribution in [-0.4, -0.2) is 30.5 Å². The van der Waals surface area contributed by atoms with Crippen LogP contribution in [0, 0.1) is 18.3 Å². The molecule has 10 heteroatoms. The molecule has 0 saturated heterocycles. The Bertz CT molecular complexity index is 1480. The fourth-order valence-electron chi connectivity index (χ4n) is 3.41. The molecule has 8 nitrogen and oxygen atoms in total. The number of carbonyl (C=O) groups excluding carboxylic acids is 1. The highest BCUT2D eigenvalue weighted by molar-refractivity contribution is 7.89. The van der Waals surface area contributed by atoms with Gasteiger partial charge >= 0.3 is 0 Å². The molecule has 33 heavy (non-hydrogen) atoms. The Balaban J connectivity index is 1.79. The van der Waals surface area contributed by atoms with Crippen molar-refractivity contribution in [2.45, 2.75) is 13.5 Å². The van der Waals surface area contributed by atoms with E-state index in [-0.39, 0.29) is 5.69 Å². The smallest absolute Gasteiger partial charge is 0.284 e. The van der Waals surface area contributed by atoms with Crippen LogP contribution in [0.25, 0.3) is 10.8 Å². The number of nitriles is 1. The molecule has 0 aliphatic rings. The minimum absolute atomic E-state index is 0.0567. The predicted octanol–water partition coefficient (Wildman–Crippen LogP) is 3.90. The molecule has 2 aromatic carbocycles. The van der Waals surface area contributed by atoms with E-state index in [0.717, 1.165) is 28.3 Å². The van der Waals surface area contributed by atoms with Crippen molar-refractivity contribution in [3.63, 3.8) is 0 Å². The Kier molecular flexibility index (Phi) is 6.09. The highest BCUT2D eigenvalue weighted by atomic mass is 32.2. The van der Waals surface area contributed by atoms with Gasteiger partial charge in [-0.05, 0) is 48.2 Å². The second-order valence-electron chi connectivity index (χ2n) is 7.36. The second-order valence-corrected chi connectivity index (χ2v) is 10.3. The fraction of sp³-hybridized carbons (Fsp3) is 0.130. The van der Waals surface area contributed by atoms with Gasteiger partial charge in [0, 0.05) is 28.3 Å². The maximum Gasteiger partial charge on any atom is 0.284 e. The van der Waals surface area contributed by atoms with Crippen molar-refractivity contribution in [1.29, 1.82) is 5.26 Å². The van der Waals surface area contributed by atoms with Crippen LogP contribution in [0.5, 0.6) is 0 Å². The number of aryl methyl sites for hydroxylation is 1. The number of sulfonamides is 1. The first kappa shape index (κ1) is 22.4. The van der Waals surface area contributed by atoms with E-state index in [1.54, 1.807) is 31.5 Å². The standard InChI is InChI=1S/C23H19N5O3S2/c1-15-21(22(29)27-33(2,30)31)26-23(32-15)28(19-8-6-16(12-24)7-9-19)14-18-5-3-4-17-13-25-11-10-20(17)18/h3-11,13H,14H2,1-2H3,(H,27,29). The summed E-state index contributed by atoms with van der Waals surface area (Å²) in [5.74, 6) is -0.770. The van der Waals surface area contributed by atoms with E-state index in [9.17, 15) is 13.2 Å². The third-order valence-electron chi connectivity index (χ3n) is 4.92. The van der Waals surface area contributed by atoms with Gasteiger partial charge in [-0.25, -0.2) is 18.1 Å². The molecule has 0 aliphatic carbocycles. The molecule has 1 amide bonds. The van der Waals surface area contributed by atoms with Crippen LogP contribution in [0.1, 0.15) is 26.5 Å². The van der Waals surface area contributed by atoms with Crippen LogP contribution in [0.4, 0.5) is 10.8 Å². The number of carbonyl (C=O) groups is 1. The Morgan fingerprint density at radius 1 is 1.18 bits per heavy atom. The molecule has 0 radical (unpaired) electrons. The summed E-state index contributed by atoms with van der Waals surface area (Å²) in [6, 6.07) is 17.1. The lowest BCUT2D eigenvalue weighted by atomic mass is 10.1. The first-order chi connectivity index (χ1) is 15.7. The first-order valence-corrected chi connectivity index (χ1v) is 12.5. The normalized spacial score (nSPS) is 11.2. The average molecular weight is 478 g/mol. The van der Waals surface area contributed by atoms with Crippen LogP contribution in [0.15, 0.2) is 60.9 Å². The number of hydrogen-bond acceptors (Lipinski definition) is 8. The van der Waals surface area contributed by atoms with Gasteiger partial charge in [-0.3, -0.25) is 9.78 Å². The fourth-order valence-corrected chi connectivity index (χ4v) is 4.77. The van der Waals surface area contributed by atoms with Gasteiger partial charge in [0.15, 0.2) is 5.13 Å². The summed E-state index contributed by atoms with van der Waals surface area (Å²) in [7, 11) is -3.72. The van der Waals surface area contributed by atoms with Gasteiger partial charge in [0.05, 0.1) is 24.4 Å². The molecular weight excluding hydrogens is 458 g/mol. The second kappa shape index (κ2) is 8.97. The number of anilines is 2. The van der Waals surface area contributed by atoms with Crippen molar-refractivity contribution in [3.05, 3.63) is 82.6 Å². The predicted molar refractivity (Wildman–Crippen MR) is 128 cm³/mol. The van der Waals surface area contributed by atoms with E-state index in [1.165, 1.54) is 11.3 Å². The lowest BCUT2D eigenvalue weighted by molar-refractivity contribution is 0.0977. The van der Waals surface area contributed by atoms with Crippen LogP contribution in [-0.2, 0) is 16.6 Å². The largest absolute Gasteiger partial charge is 0.313 e. The number of rotatable bonds is 6. The van der Waals surface area contributed by atoms with Crippen molar-refractivity contribution in [2.75, 3.05) is 11.2 Å². The lowest BCUT2D eigenvalue weighted by Gasteiger charge is -2.23. The maximum atomic E-state index is 12.5. The number of nitrogens with zero attached hydrogens (tertiary/aromatic N) is 4. The molecule has 0 fully saturated rings. The molecule has 4 aromatic rings. The lowest BCUT2D eigenvalue weighted by Crippen LogP contribution is -2.30. The summed E-state index contributed by atoms with van der Waals surface area (Å²) in [5, 5.41) is 11.7. The molecule has 166 valence electrons. The molecule has 0 spiro atoms. The number of fused-ring (bicyclic) bond motifs is 1. The SMILES string of the molecule is Cc1sc(N(Cc2cccc3cnccc23)c2ccc(C#N)cc2)nc1C(=O)NS(C)(=O)=O. The maximum absolute atomic E-state index is 12.5. The Labute approximate surface area is 195 Å². The average Bonchev–Trinajstić information content (AvgIpc) is 3.18. The summed E-state index contributed by atoms with van der Waals surface area (Å²) >= 11 is 1.29. The summed E-state index contributed by atoms with van der Waals surface area (Å²) < 4.78 is 25.0. The van der Waals surface area contributed by atoms with Crippen molar-refractivity contribution in [3.8, 4) is 6.07 Å². The zero-order chi connectivity index (χ0) is 23.6. The van der Waals surface area contributed by atoms with Gasteiger partial charge in [-0.2, -0.15) is 5.26 Å². The van der Waals surface area contributed by atoms with E-state index in [1.807, 2.05) is 46.0 Å². The number of amides is 1. The van der Waals surface area contributed by atoms with E-state index >= 15 is 0 Å². The molecule has 4 rings (SSSR count). The Morgan fingerprint density at radius 3 is 2.64 bits per heavy atom. The number of nitrogens with one attached hydrogen (secondary N) is 1. The minimum Gasteiger partial charge on any atom is -0.313 e. The van der Waals surface area contributed by atoms with E-state index < -0.39 is 15.9 Å². The summed E-state index contributed by atoms with van der Waals surface area (Å²) in [4.78, 5) is 23.7. The zero-order valence-electron chi connectivity index (χ0n) is 17.8. The van der Waals surface area contributed by atoms with Gasteiger partial charge < -0.3 is 4.90 Å². The number of benzene rings is 2. The molecule has 1 N–H and O–H groups in total. The Hall–Kier alpha value is -3.81. The molecule has 0 unspecified atom stereocenters. The Morgan fingerprint density at radius 2 is 1.94 bits per heavy atom. The van der Waals surface area contributed by atoms with Crippen molar-refractivity contribution in [2.24, 2.45) is 0 Å². The quantitative estimate of drug-likeness (QED) is 0.448. The summed E-state index contributed by atoms with van der Waals surface area (Å²) in [6.45, 7) is 2.16. The van der Waals surface area contributed by atoms with Crippen molar-refractivity contribution in [1.82, 2.24) is 14.7 Å². The van der Waals surface area contributed by atoms with Gasteiger partial charge in [0.1, 0.15) is 5.69 Å². The number of hydrogen-bond donors (Lipinski definition) is 1.